The number of likely N-dealkylation sites (tertiary alicyclic amines) is 1. The number of morpholine rings is 1. The van der Waals surface area contributed by atoms with Crippen molar-refractivity contribution in [3.63, 3.8) is 0 Å². The standard InChI is InChI=1S/C9H15NO.C9H17N.C8H15N.C6H13N/c1-5-3-6-8-9(11-8)7(4-5)10(6)2;1-7-5-8-3-4-9(6-7)10(8)2;1-7-6-9-4-2-8(7)3-5-9;1-6-3-4-7(2)5-6/h5-9H,3-4H2,1-2H3;7-9H,3-6H2,1-2H3;7-8H,2-6H2,1H3;6H,3-5H2,1-2H3/t5?,6-,7-,8?,9?;;;/m0.../s1. The van der Waals surface area contributed by atoms with Crippen LogP contribution >= 0.6 is 0 Å². The van der Waals surface area contributed by atoms with Gasteiger partial charge in [0.1, 0.15) is 12.2 Å². The van der Waals surface area contributed by atoms with E-state index in [0.717, 1.165) is 53.8 Å². The minimum atomic E-state index is 0.620. The fraction of sp³-hybridized carbons (Fsp3) is 1.00. The third-order valence-electron chi connectivity index (χ3n) is 11.6. The molecule has 37 heavy (non-hydrogen) atoms. The highest BCUT2D eigenvalue weighted by Crippen LogP contribution is 2.48. The molecule has 0 amide bonds. The number of epoxide rings is 1. The molecule has 5 nitrogen and oxygen atoms in total. The van der Waals surface area contributed by atoms with Crippen LogP contribution in [0.1, 0.15) is 85.5 Å². The predicted octanol–water partition coefficient (Wildman–Crippen LogP) is 5.05. The molecule has 0 aromatic carbocycles. The number of fused-ring (bicyclic) bond motifs is 10. The van der Waals surface area contributed by atoms with Crippen molar-refractivity contribution < 1.29 is 4.74 Å². The van der Waals surface area contributed by atoms with Crippen molar-refractivity contribution in [1.29, 1.82) is 0 Å². The quantitative estimate of drug-likeness (QED) is 0.420. The fourth-order valence-electron chi connectivity index (χ4n) is 9.09. The van der Waals surface area contributed by atoms with Crippen LogP contribution in [0.2, 0.25) is 0 Å². The second-order valence-corrected chi connectivity index (χ2v) is 14.8. The molecule has 214 valence electrons. The number of likely N-dealkylation sites (N-methyl/N-ethyl adjacent to an activating group) is 1. The summed E-state index contributed by atoms with van der Waals surface area (Å²) in [4.78, 5) is 10.1. The molecule has 0 N–H and O–H groups in total. The number of nitrogens with zero attached hydrogens (tertiary/aromatic N) is 4. The second kappa shape index (κ2) is 12.1. The summed E-state index contributed by atoms with van der Waals surface area (Å²) < 4.78 is 5.60. The smallest absolute Gasteiger partial charge is 0.101 e. The Morgan fingerprint density at radius 1 is 0.568 bits per heavy atom. The maximum absolute atomic E-state index is 5.60. The molecule has 6 unspecified atom stereocenters. The van der Waals surface area contributed by atoms with E-state index in [1.807, 2.05) is 0 Å². The Kier molecular flexibility index (Phi) is 9.28. The SMILES string of the molecule is CC1CC2CCC(C1)N2C.CC1CCN(C)C1.CC1CN2CCC1CC2.CC1C[C@H]2C3OC3[C@H](C1)N2C. The molecule has 6 bridgehead atoms. The maximum atomic E-state index is 5.60. The van der Waals surface area contributed by atoms with Crippen LogP contribution in [0.5, 0.6) is 0 Å². The maximum Gasteiger partial charge on any atom is 0.101 e. The van der Waals surface area contributed by atoms with Gasteiger partial charge in [-0.25, -0.2) is 0 Å². The van der Waals surface area contributed by atoms with Crippen LogP contribution in [0.15, 0.2) is 0 Å². The number of hydrogen-bond acceptors (Lipinski definition) is 5. The summed E-state index contributed by atoms with van der Waals surface area (Å²) in [5.74, 6) is 4.94. The summed E-state index contributed by atoms with van der Waals surface area (Å²) >= 11 is 0. The van der Waals surface area contributed by atoms with Gasteiger partial charge in [0.05, 0.1) is 0 Å². The number of piperidine rings is 5. The van der Waals surface area contributed by atoms with E-state index in [0.29, 0.717) is 12.2 Å². The molecular formula is C32H60N4O. The van der Waals surface area contributed by atoms with Gasteiger partial charge in [0.2, 0.25) is 0 Å². The Morgan fingerprint density at radius 3 is 1.51 bits per heavy atom. The van der Waals surface area contributed by atoms with Gasteiger partial charge in [0, 0.05) is 37.3 Å². The van der Waals surface area contributed by atoms with Gasteiger partial charge in [-0.15, -0.1) is 0 Å². The summed E-state index contributed by atoms with van der Waals surface area (Å²) in [7, 11) is 6.74. The third kappa shape index (κ3) is 6.76. The molecule has 9 fully saturated rings. The largest absolute Gasteiger partial charge is 0.366 e. The first-order valence-corrected chi connectivity index (χ1v) is 16.2. The van der Waals surface area contributed by atoms with Gasteiger partial charge in [-0.2, -0.15) is 0 Å². The summed E-state index contributed by atoms with van der Waals surface area (Å²) in [6, 6.07) is 3.39. The second-order valence-electron chi connectivity index (χ2n) is 14.8. The fourth-order valence-corrected chi connectivity index (χ4v) is 9.09. The first-order chi connectivity index (χ1) is 17.7. The van der Waals surface area contributed by atoms with Crippen LogP contribution in [-0.4, -0.2) is 110 Å². The average Bonchev–Trinajstić information content (AvgIpc) is 3.48. The molecule has 8 atom stereocenters. The van der Waals surface area contributed by atoms with E-state index in [9.17, 15) is 0 Å². The zero-order chi connectivity index (χ0) is 26.3. The van der Waals surface area contributed by atoms with Gasteiger partial charge in [0.15, 0.2) is 0 Å². The molecule has 5 heteroatoms. The highest BCUT2D eigenvalue weighted by molar-refractivity contribution is 5.13. The Morgan fingerprint density at radius 2 is 1.14 bits per heavy atom. The minimum Gasteiger partial charge on any atom is -0.366 e. The average molecular weight is 517 g/mol. The van der Waals surface area contributed by atoms with Gasteiger partial charge in [-0.3, -0.25) is 4.90 Å². The monoisotopic (exact) mass is 516 g/mol. The van der Waals surface area contributed by atoms with E-state index in [2.05, 4.69) is 68.4 Å². The van der Waals surface area contributed by atoms with Gasteiger partial charge in [-0.05, 0) is 128 Å². The third-order valence-corrected chi connectivity index (χ3v) is 11.6. The number of ether oxygens (including phenoxy) is 1. The normalized spacial score (nSPS) is 49.7. The Bertz CT molecular complexity index is 686. The lowest BCUT2D eigenvalue weighted by molar-refractivity contribution is 0.0526. The number of hydrogen-bond donors (Lipinski definition) is 0. The molecule has 0 aromatic rings. The van der Waals surface area contributed by atoms with Crippen LogP contribution in [-0.2, 0) is 4.74 Å². The Balaban J connectivity index is 0.000000102. The lowest BCUT2D eigenvalue weighted by Crippen LogP contribution is -2.46. The van der Waals surface area contributed by atoms with Crippen molar-refractivity contribution in [2.45, 2.75) is 122 Å². The molecule has 0 radical (unpaired) electrons. The van der Waals surface area contributed by atoms with E-state index >= 15 is 0 Å². The van der Waals surface area contributed by atoms with Crippen LogP contribution in [0, 0.1) is 29.6 Å². The van der Waals surface area contributed by atoms with Crippen molar-refractivity contribution in [2.75, 3.05) is 53.9 Å². The molecule has 9 heterocycles. The van der Waals surface area contributed by atoms with Crippen LogP contribution in [0.3, 0.4) is 0 Å². The van der Waals surface area contributed by atoms with Crippen LogP contribution in [0.25, 0.3) is 0 Å². The van der Waals surface area contributed by atoms with E-state index in [1.165, 1.54) is 90.5 Å². The van der Waals surface area contributed by atoms with Gasteiger partial charge in [0.25, 0.3) is 0 Å². The molecule has 0 aliphatic carbocycles. The van der Waals surface area contributed by atoms with E-state index < -0.39 is 0 Å². The Labute approximate surface area is 229 Å². The molecule has 9 saturated heterocycles. The zero-order valence-corrected chi connectivity index (χ0v) is 25.4. The highest BCUT2D eigenvalue weighted by Gasteiger charge is 2.61. The molecule has 9 aliphatic heterocycles. The van der Waals surface area contributed by atoms with Crippen LogP contribution in [0.4, 0.5) is 0 Å². The van der Waals surface area contributed by atoms with Crippen molar-refractivity contribution in [1.82, 2.24) is 19.6 Å². The topological polar surface area (TPSA) is 25.5 Å². The predicted molar refractivity (Wildman–Crippen MR) is 155 cm³/mol. The molecule has 9 rings (SSSR count). The first-order valence-electron chi connectivity index (χ1n) is 16.2. The molecular weight excluding hydrogens is 456 g/mol. The lowest BCUT2D eigenvalue weighted by Gasteiger charge is -2.43. The van der Waals surface area contributed by atoms with Crippen LogP contribution < -0.4 is 0 Å². The van der Waals surface area contributed by atoms with Crippen molar-refractivity contribution >= 4 is 0 Å². The van der Waals surface area contributed by atoms with Crippen molar-refractivity contribution in [3.05, 3.63) is 0 Å². The van der Waals surface area contributed by atoms with Crippen molar-refractivity contribution in [2.24, 2.45) is 29.6 Å². The van der Waals surface area contributed by atoms with Gasteiger partial charge in [-0.1, -0.05) is 27.7 Å². The first kappa shape index (κ1) is 28.3. The highest BCUT2D eigenvalue weighted by atomic mass is 16.6. The van der Waals surface area contributed by atoms with Gasteiger partial charge < -0.3 is 19.4 Å². The lowest BCUT2D eigenvalue weighted by atomic mass is 9.80. The summed E-state index contributed by atoms with van der Waals surface area (Å²) in [6.07, 6.45) is 14.1. The summed E-state index contributed by atoms with van der Waals surface area (Å²) in [6.45, 7) is 16.2. The molecule has 9 aliphatic rings. The van der Waals surface area contributed by atoms with Gasteiger partial charge >= 0.3 is 0 Å². The summed E-state index contributed by atoms with van der Waals surface area (Å²) in [5.41, 5.74) is 0. The molecule has 0 saturated carbocycles. The molecule has 0 aromatic heterocycles. The zero-order valence-electron chi connectivity index (χ0n) is 25.4. The summed E-state index contributed by atoms with van der Waals surface area (Å²) in [5, 5.41) is 0. The number of rotatable bonds is 0. The van der Waals surface area contributed by atoms with E-state index in [-0.39, 0.29) is 0 Å². The van der Waals surface area contributed by atoms with E-state index in [4.69, 9.17) is 4.74 Å². The van der Waals surface area contributed by atoms with Crippen molar-refractivity contribution in [3.8, 4) is 0 Å². The minimum absolute atomic E-state index is 0.620. The molecule has 0 spiro atoms. The van der Waals surface area contributed by atoms with E-state index in [1.54, 1.807) is 0 Å². The Hall–Kier alpha value is -0.200.